The molecule has 2 aromatic carbocycles. The Bertz CT molecular complexity index is 860. The summed E-state index contributed by atoms with van der Waals surface area (Å²) in [7, 11) is 1.60. The Morgan fingerprint density at radius 1 is 0.968 bits per heavy atom. The molecular formula is C23H30N2O5S. The summed E-state index contributed by atoms with van der Waals surface area (Å²) in [6, 6.07) is 12.7. The van der Waals surface area contributed by atoms with Gasteiger partial charge in [-0.05, 0) is 55.4 Å². The topological polar surface area (TPSA) is 78.1 Å². The van der Waals surface area contributed by atoms with Crippen molar-refractivity contribution in [3.63, 3.8) is 0 Å². The van der Waals surface area contributed by atoms with E-state index in [4.69, 9.17) is 31.2 Å². The highest BCUT2D eigenvalue weighted by Gasteiger charge is 2.14. The van der Waals surface area contributed by atoms with Gasteiger partial charge in [0.25, 0.3) is 5.91 Å². The molecule has 0 fully saturated rings. The average Bonchev–Trinajstić information content (AvgIpc) is 2.79. The van der Waals surface area contributed by atoms with Gasteiger partial charge in [-0.3, -0.25) is 10.1 Å². The van der Waals surface area contributed by atoms with Gasteiger partial charge in [0.15, 0.2) is 16.6 Å². The smallest absolute Gasteiger partial charge is 0.261 e. The van der Waals surface area contributed by atoms with Crippen molar-refractivity contribution in [3.05, 3.63) is 53.6 Å². The third-order valence-corrected chi connectivity index (χ3v) is 4.44. The first-order valence-electron chi connectivity index (χ1n) is 10.3. The minimum atomic E-state index is -0.342. The predicted octanol–water partition coefficient (Wildman–Crippen LogP) is 3.70. The van der Waals surface area contributed by atoms with Gasteiger partial charge in [-0.15, -0.1) is 0 Å². The van der Waals surface area contributed by atoms with Crippen molar-refractivity contribution in [1.29, 1.82) is 0 Å². The summed E-state index contributed by atoms with van der Waals surface area (Å²) < 4.78 is 22.0. The number of ether oxygens (including phenoxy) is 4. The van der Waals surface area contributed by atoms with Gasteiger partial charge in [0.2, 0.25) is 0 Å². The lowest BCUT2D eigenvalue weighted by Gasteiger charge is -2.14. The zero-order chi connectivity index (χ0) is 22.5. The van der Waals surface area contributed by atoms with E-state index in [1.807, 2.05) is 38.1 Å². The molecule has 2 aromatic rings. The first kappa shape index (κ1) is 24.4. The van der Waals surface area contributed by atoms with Crippen LogP contribution in [0.5, 0.6) is 17.2 Å². The highest BCUT2D eigenvalue weighted by molar-refractivity contribution is 7.80. The zero-order valence-electron chi connectivity index (χ0n) is 18.2. The lowest BCUT2D eigenvalue weighted by molar-refractivity contribution is 0.0957. The Labute approximate surface area is 189 Å². The van der Waals surface area contributed by atoms with E-state index in [1.54, 1.807) is 25.3 Å². The SMILES string of the molecule is CCCOc1ccc(CNC(=S)NC(=O)c2ccccc2OCCOCC)cc1OC. The molecule has 0 bridgehead atoms. The first-order valence-corrected chi connectivity index (χ1v) is 10.7. The number of carbonyl (C=O) groups excluding carboxylic acids is 1. The minimum Gasteiger partial charge on any atom is -0.493 e. The Morgan fingerprint density at radius 2 is 1.74 bits per heavy atom. The van der Waals surface area contributed by atoms with Crippen LogP contribution in [-0.4, -0.2) is 44.6 Å². The van der Waals surface area contributed by atoms with Crippen LogP contribution in [0.3, 0.4) is 0 Å². The van der Waals surface area contributed by atoms with Crippen LogP contribution < -0.4 is 24.8 Å². The number of hydrogen-bond acceptors (Lipinski definition) is 6. The largest absolute Gasteiger partial charge is 0.493 e. The molecule has 0 saturated carbocycles. The monoisotopic (exact) mass is 446 g/mol. The summed E-state index contributed by atoms with van der Waals surface area (Å²) in [5.41, 5.74) is 1.35. The van der Waals surface area contributed by atoms with Gasteiger partial charge in [0.05, 0.1) is 25.9 Å². The van der Waals surface area contributed by atoms with Gasteiger partial charge in [0, 0.05) is 13.2 Å². The Balaban J connectivity index is 1.91. The second kappa shape index (κ2) is 13.5. The van der Waals surface area contributed by atoms with Crippen LogP contribution >= 0.6 is 12.2 Å². The van der Waals surface area contributed by atoms with Gasteiger partial charge in [-0.2, -0.15) is 0 Å². The fourth-order valence-corrected chi connectivity index (χ4v) is 2.85. The van der Waals surface area contributed by atoms with E-state index in [2.05, 4.69) is 10.6 Å². The molecule has 8 heteroatoms. The summed E-state index contributed by atoms with van der Waals surface area (Å²) in [5.74, 6) is 1.49. The van der Waals surface area contributed by atoms with E-state index in [0.717, 1.165) is 12.0 Å². The third kappa shape index (κ3) is 8.07. The molecule has 0 heterocycles. The van der Waals surface area contributed by atoms with Crippen molar-refractivity contribution in [1.82, 2.24) is 10.6 Å². The third-order valence-electron chi connectivity index (χ3n) is 4.19. The molecule has 0 spiro atoms. The van der Waals surface area contributed by atoms with Crippen molar-refractivity contribution in [2.24, 2.45) is 0 Å². The lowest BCUT2D eigenvalue weighted by Crippen LogP contribution is -2.39. The molecule has 0 aromatic heterocycles. The molecule has 0 unspecified atom stereocenters. The van der Waals surface area contributed by atoms with Gasteiger partial charge < -0.3 is 24.3 Å². The van der Waals surface area contributed by atoms with Crippen molar-refractivity contribution in [2.45, 2.75) is 26.8 Å². The molecule has 31 heavy (non-hydrogen) atoms. The van der Waals surface area contributed by atoms with Gasteiger partial charge >= 0.3 is 0 Å². The predicted molar refractivity (Wildman–Crippen MR) is 124 cm³/mol. The van der Waals surface area contributed by atoms with Crippen molar-refractivity contribution in [3.8, 4) is 17.2 Å². The lowest BCUT2D eigenvalue weighted by atomic mass is 10.2. The Hall–Kier alpha value is -2.84. The molecule has 0 aliphatic rings. The number of para-hydroxylation sites is 1. The molecular weight excluding hydrogens is 416 g/mol. The summed E-state index contributed by atoms with van der Waals surface area (Å²) >= 11 is 5.28. The second-order valence-electron chi connectivity index (χ2n) is 6.51. The fourth-order valence-electron chi connectivity index (χ4n) is 2.69. The Morgan fingerprint density at radius 3 is 2.48 bits per heavy atom. The normalized spacial score (nSPS) is 10.3. The average molecular weight is 447 g/mol. The molecule has 0 radical (unpaired) electrons. The molecule has 0 saturated heterocycles. The number of rotatable bonds is 12. The molecule has 0 aliphatic heterocycles. The fraction of sp³-hybridized carbons (Fsp3) is 0.391. The first-order chi connectivity index (χ1) is 15.1. The van der Waals surface area contributed by atoms with Gasteiger partial charge in [-0.1, -0.05) is 25.1 Å². The molecule has 2 rings (SSSR count). The number of thiocarbonyl (C=S) groups is 1. The number of carbonyl (C=O) groups is 1. The van der Waals surface area contributed by atoms with E-state index < -0.39 is 0 Å². The molecule has 2 N–H and O–H groups in total. The Kier molecular flexibility index (Phi) is 10.6. The van der Waals surface area contributed by atoms with Crippen LogP contribution in [0, 0.1) is 0 Å². The standard InChI is InChI=1S/C23H30N2O5S/c1-4-12-29-20-11-10-17(15-21(20)27-3)16-24-23(31)25-22(26)18-8-6-7-9-19(18)30-14-13-28-5-2/h6-11,15H,4-5,12-14,16H2,1-3H3,(H2,24,25,26,31). The number of benzene rings is 2. The minimum absolute atomic E-state index is 0.222. The molecule has 168 valence electrons. The maximum absolute atomic E-state index is 12.6. The van der Waals surface area contributed by atoms with Crippen LogP contribution in [0.15, 0.2) is 42.5 Å². The van der Waals surface area contributed by atoms with Gasteiger partial charge in [-0.25, -0.2) is 0 Å². The highest BCUT2D eigenvalue weighted by atomic mass is 32.1. The molecule has 1 amide bonds. The molecule has 0 atom stereocenters. The van der Waals surface area contributed by atoms with E-state index >= 15 is 0 Å². The zero-order valence-corrected chi connectivity index (χ0v) is 19.1. The second-order valence-corrected chi connectivity index (χ2v) is 6.92. The highest BCUT2D eigenvalue weighted by Crippen LogP contribution is 2.28. The quantitative estimate of drug-likeness (QED) is 0.380. The van der Waals surface area contributed by atoms with Crippen molar-refractivity contribution in [2.75, 3.05) is 33.5 Å². The molecule has 0 aliphatic carbocycles. The van der Waals surface area contributed by atoms with E-state index in [0.29, 0.717) is 55.8 Å². The van der Waals surface area contributed by atoms with Crippen LogP contribution in [0.25, 0.3) is 0 Å². The maximum atomic E-state index is 12.6. The van der Waals surface area contributed by atoms with Crippen LogP contribution in [0.4, 0.5) is 0 Å². The number of nitrogens with one attached hydrogen (secondary N) is 2. The summed E-state index contributed by atoms with van der Waals surface area (Å²) in [6.07, 6.45) is 0.918. The summed E-state index contributed by atoms with van der Waals surface area (Å²) in [4.78, 5) is 12.6. The summed E-state index contributed by atoms with van der Waals surface area (Å²) in [6.45, 7) is 6.45. The summed E-state index contributed by atoms with van der Waals surface area (Å²) in [5, 5.41) is 5.95. The van der Waals surface area contributed by atoms with Crippen LogP contribution in [0.2, 0.25) is 0 Å². The van der Waals surface area contributed by atoms with Gasteiger partial charge in [0.1, 0.15) is 12.4 Å². The number of amides is 1. The van der Waals surface area contributed by atoms with Crippen LogP contribution in [-0.2, 0) is 11.3 Å². The van der Waals surface area contributed by atoms with Crippen molar-refractivity contribution < 1.29 is 23.7 Å². The molecule has 7 nitrogen and oxygen atoms in total. The number of methoxy groups -OCH3 is 1. The van der Waals surface area contributed by atoms with E-state index in [9.17, 15) is 4.79 Å². The van der Waals surface area contributed by atoms with Crippen molar-refractivity contribution >= 4 is 23.2 Å². The number of hydrogen-bond donors (Lipinski definition) is 2. The van der Waals surface area contributed by atoms with E-state index in [-0.39, 0.29) is 11.0 Å². The van der Waals surface area contributed by atoms with Crippen LogP contribution in [0.1, 0.15) is 36.2 Å². The maximum Gasteiger partial charge on any atom is 0.261 e. The van der Waals surface area contributed by atoms with E-state index in [1.165, 1.54) is 0 Å².